The normalized spacial score (nSPS) is 10.5. The van der Waals surface area contributed by atoms with Gasteiger partial charge in [-0.3, -0.25) is 4.79 Å². The first-order valence-electron chi connectivity index (χ1n) is 7.06. The molecule has 0 aliphatic heterocycles. The number of aromatic nitrogens is 2. The Morgan fingerprint density at radius 1 is 1.17 bits per heavy atom. The van der Waals surface area contributed by atoms with Gasteiger partial charge < -0.3 is 9.84 Å². The highest BCUT2D eigenvalue weighted by Crippen LogP contribution is 2.19. The van der Waals surface area contributed by atoms with Crippen LogP contribution in [0.25, 0.3) is 11.4 Å². The minimum absolute atomic E-state index is 0.106. The first-order valence-corrected chi connectivity index (χ1v) is 7.06. The van der Waals surface area contributed by atoms with Crippen LogP contribution in [0.5, 0.6) is 0 Å². The minimum Gasteiger partial charge on any atom is -0.343 e. The van der Waals surface area contributed by atoms with E-state index in [-0.39, 0.29) is 18.3 Å². The predicted molar refractivity (Wildman–Crippen MR) is 82.0 cm³/mol. The van der Waals surface area contributed by atoms with Crippen LogP contribution < -0.4 is 5.32 Å². The summed E-state index contributed by atoms with van der Waals surface area (Å²) in [6.07, 6.45) is 0. The fraction of sp³-hybridized carbons (Fsp3) is 0.118. The van der Waals surface area contributed by atoms with Crippen LogP contribution in [0.2, 0.25) is 0 Å². The number of benzene rings is 2. The Morgan fingerprint density at radius 3 is 2.65 bits per heavy atom. The van der Waals surface area contributed by atoms with Gasteiger partial charge in [-0.05, 0) is 36.8 Å². The molecule has 5 nitrogen and oxygen atoms in total. The third kappa shape index (κ3) is 3.42. The zero-order chi connectivity index (χ0) is 16.2. The van der Waals surface area contributed by atoms with Gasteiger partial charge in [0.25, 0.3) is 5.91 Å². The van der Waals surface area contributed by atoms with Gasteiger partial charge in [-0.15, -0.1) is 0 Å². The zero-order valence-corrected chi connectivity index (χ0v) is 12.4. The van der Waals surface area contributed by atoms with Crippen molar-refractivity contribution in [2.45, 2.75) is 13.5 Å². The number of halogens is 1. The van der Waals surface area contributed by atoms with Gasteiger partial charge in [-0.25, -0.2) is 4.39 Å². The second kappa shape index (κ2) is 6.39. The maximum absolute atomic E-state index is 12.8. The lowest BCUT2D eigenvalue weighted by Gasteiger charge is -2.02. The molecule has 1 heterocycles. The quantitative estimate of drug-likeness (QED) is 0.804. The standard InChI is InChI=1S/C17H14FN3O2/c1-11-4-2-3-5-14(11)16-20-15(23-21-16)10-19-17(22)12-6-8-13(18)9-7-12/h2-9H,10H2,1H3,(H,19,22). The van der Waals surface area contributed by atoms with E-state index in [9.17, 15) is 9.18 Å². The van der Waals surface area contributed by atoms with E-state index in [1.165, 1.54) is 24.3 Å². The maximum atomic E-state index is 12.8. The van der Waals surface area contributed by atoms with Crippen molar-refractivity contribution >= 4 is 5.91 Å². The van der Waals surface area contributed by atoms with Gasteiger partial charge in [0.15, 0.2) is 0 Å². The molecule has 0 bridgehead atoms. The lowest BCUT2D eigenvalue weighted by atomic mass is 10.1. The van der Waals surface area contributed by atoms with Gasteiger partial charge >= 0.3 is 0 Å². The van der Waals surface area contributed by atoms with E-state index in [1.807, 2.05) is 31.2 Å². The smallest absolute Gasteiger partial charge is 0.251 e. The van der Waals surface area contributed by atoms with Gasteiger partial charge in [-0.1, -0.05) is 29.4 Å². The van der Waals surface area contributed by atoms with Crippen molar-refractivity contribution in [1.82, 2.24) is 15.5 Å². The molecular weight excluding hydrogens is 297 g/mol. The summed E-state index contributed by atoms with van der Waals surface area (Å²) in [7, 11) is 0. The highest BCUT2D eigenvalue weighted by molar-refractivity contribution is 5.94. The average molecular weight is 311 g/mol. The molecule has 2 aromatic carbocycles. The SMILES string of the molecule is Cc1ccccc1-c1noc(CNC(=O)c2ccc(F)cc2)n1. The minimum atomic E-state index is -0.388. The van der Waals surface area contributed by atoms with E-state index in [1.54, 1.807) is 0 Å². The predicted octanol–water partition coefficient (Wildman–Crippen LogP) is 3.11. The third-order valence-corrected chi connectivity index (χ3v) is 3.36. The molecule has 0 aliphatic carbocycles. The van der Waals surface area contributed by atoms with Crippen LogP contribution in [0.15, 0.2) is 53.1 Å². The molecule has 0 spiro atoms. The van der Waals surface area contributed by atoms with Gasteiger partial charge in [0.1, 0.15) is 5.82 Å². The van der Waals surface area contributed by atoms with E-state index in [2.05, 4.69) is 15.5 Å². The first-order chi connectivity index (χ1) is 11.1. The third-order valence-electron chi connectivity index (χ3n) is 3.36. The second-order valence-corrected chi connectivity index (χ2v) is 5.02. The summed E-state index contributed by atoms with van der Waals surface area (Å²) in [5.41, 5.74) is 2.28. The molecular formula is C17H14FN3O2. The molecule has 6 heteroatoms. The molecule has 116 valence electrons. The molecule has 0 radical (unpaired) electrons. The Kier molecular flexibility index (Phi) is 4.14. The van der Waals surface area contributed by atoms with Gasteiger partial charge in [-0.2, -0.15) is 4.98 Å². The summed E-state index contributed by atoms with van der Waals surface area (Å²) in [6, 6.07) is 13.0. The molecule has 1 amide bonds. The van der Waals surface area contributed by atoms with E-state index >= 15 is 0 Å². The van der Waals surface area contributed by atoms with Crippen LogP contribution in [0, 0.1) is 12.7 Å². The molecule has 1 N–H and O–H groups in total. The van der Waals surface area contributed by atoms with Gasteiger partial charge in [0.05, 0.1) is 6.54 Å². The first kappa shape index (κ1) is 14.9. The van der Waals surface area contributed by atoms with Crippen molar-refractivity contribution in [3.63, 3.8) is 0 Å². The summed E-state index contributed by atoms with van der Waals surface area (Å²) in [5.74, 6) is 0.0646. The van der Waals surface area contributed by atoms with E-state index in [0.717, 1.165) is 11.1 Å². The molecule has 0 aliphatic rings. The van der Waals surface area contributed by atoms with Crippen LogP contribution in [0.3, 0.4) is 0 Å². The lowest BCUT2D eigenvalue weighted by molar-refractivity contribution is 0.0946. The highest BCUT2D eigenvalue weighted by atomic mass is 19.1. The fourth-order valence-electron chi connectivity index (χ4n) is 2.12. The molecule has 3 aromatic rings. The molecule has 0 saturated heterocycles. The number of carbonyl (C=O) groups excluding carboxylic acids is 1. The summed E-state index contributed by atoms with van der Waals surface area (Å²) in [5, 5.41) is 6.58. The van der Waals surface area contributed by atoms with Crippen LogP contribution in [0.1, 0.15) is 21.8 Å². The number of carbonyl (C=O) groups is 1. The van der Waals surface area contributed by atoms with Gasteiger partial charge in [0, 0.05) is 11.1 Å². The molecule has 1 aromatic heterocycles. The van der Waals surface area contributed by atoms with Crippen molar-refractivity contribution in [3.8, 4) is 11.4 Å². The van der Waals surface area contributed by atoms with Crippen molar-refractivity contribution in [2.75, 3.05) is 0 Å². The van der Waals surface area contributed by atoms with Crippen LogP contribution in [-0.2, 0) is 6.54 Å². The summed E-state index contributed by atoms with van der Waals surface area (Å²) >= 11 is 0. The largest absolute Gasteiger partial charge is 0.343 e. The van der Waals surface area contributed by atoms with Crippen molar-refractivity contribution in [3.05, 3.63) is 71.4 Å². The molecule has 0 fully saturated rings. The number of hydrogen-bond donors (Lipinski definition) is 1. The monoisotopic (exact) mass is 311 g/mol. The van der Waals surface area contributed by atoms with Crippen molar-refractivity contribution in [2.24, 2.45) is 0 Å². The van der Waals surface area contributed by atoms with E-state index in [4.69, 9.17) is 4.52 Å². The number of nitrogens with zero attached hydrogens (tertiary/aromatic N) is 2. The number of nitrogens with one attached hydrogen (secondary N) is 1. The molecule has 0 saturated carbocycles. The second-order valence-electron chi connectivity index (χ2n) is 5.02. The van der Waals surface area contributed by atoms with Crippen molar-refractivity contribution < 1.29 is 13.7 Å². The average Bonchev–Trinajstić information content (AvgIpc) is 3.02. The van der Waals surface area contributed by atoms with Crippen LogP contribution >= 0.6 is 0 Å². The highest BCUT2D eigenvalue weighted by Gasteiger charge is 2.12. The maximum Gasteiger partial charge on any atom is 0.251 e. The molecule has 23 heavy (non-hydrogen) atoms. The molecule has 0 atom stereocenters. The zero-order valence-electron chi connectivity index (χ0n) is 12.4. The van der Waals surface area contributed by atoms with Crippen molar-refractivity contribution in [1.29, 1.82) is 0 Å². The Bertz CT molecular complexity index is 828. The number of aryl methyl sites for hydroxylation is 1. The van der Waals surface area contributed by atoms with E-state index in [0.29, 0.717) is 17.3 Å². The topological polar surface area (TPSA) is 68.0 Å². The lowest BCUT2D eigenvalue weighted by Crippen LogP contribution is -2.22. The summed E-state index contributed by atoms with van der Waals surface area (Å²) in [6.45, 7) is 2.07. The number of hydrogen-bond acceptors (Lipinski definition) is 4. The Balaban J connectivity index is 1.67. The number of rotatable bonds is 4. The van der Waals surface area contributed by atoms with E-state index < -0.39 is 0 Å². The van der Waals surface area contributed by atoms with Crippen LogP contribution in [0.4, 0.5) is 4.39 Å². The number of amides is 1. The Hall–Kier alpha value is -3.02. The summed E-state index contributed by atoms with van der Waals surface area (Å²) < 4.78 is 18.0. The molecule has 0 unspecified atom stereocenters. The van der Waals surface area contributed by atoms with Crippen LogP contribution in [-0.4, -0.2) is 16.0 Å². The summed E-state index contributed by atoms with van der Waals surface area (Å²) in [4.78, 5) is 16.2. The fourth-order valence-corrected chi connectivity index (χ4v) is 2.12. The molecule has 3 rings (SSSR count). The Labute approximate surface area is 132 Å². The van der Waals surface area contributed by atoms with Gasteiger partial charge in [0.2, 0.25) is 11.7 Å². The Morgan fingerprint density at radius 2 is 1.91 bits per heavy atom.